The van der Waals surface area contributed by atoms with Gasteiger partial charge in [0.05, 0.1) is 4.99 Å². The van der Waals surface area contributed by atoms with Crippen LogP contribution in [0.1, 0.15) is 13.3 Å². The molecule has 0 aromatic carbocycles. The Balaban J connectivity index is 2.29. The summed E-state index contributed by atoms with van der Waals surface area (Å²) in [6.45, 7) is 3.87. The Morgan fingerprint density at radius 2 is 2.35 bits per heavy atom. The van der Waals surface area contributed by atoms with E-state index in [0.717, 1.165) is 31.0 Å². The number of imidazole rings is 1. The first-order valence-electron chi connectivity index (χ1n) is 5.67. The predicted molar refractivity (Wildman–Crippen MR) is 74.5 cm³/mol. The first-order chi connectivity index (χ1) is 8.22. The summed E-state index contributed by atoms with van der Waals surface area (Å²) in [6, 6.07) is 6.09. The lowest BCUT2D eigenvalue weighted by Gasteiger charge is -2.23. The van der Waals surface area contributed by atoms with E-state index in [0.29, 0.717) is 4.99 Å². The third-order valence-electron chi connectivity index (χ3n) is 2.74. The van der Waals surface area contributed by atoms with Gasteiger partial charge in [0.25, 0.3) is 0 Å². The molecule has 2 aromatic heterocycles. The number of hydrogen-bond acceptors (Lipinski definition) is 3. The van der Waals surface area contributed by atoms with Crippen LogP contribution in [-0.2, 0) is 0 Å². The van der Waals surface area contributed by atoms with Crippen LogP contribution in [0.15, 0.2) is 30.6 Å². The highest BCUT2D eigenvalue weighted by atomic mass is 32.1. The molecule has 0 aliphatic rings. The van der Waals surface area contributed by atoms with Crippen LogP contribution in [0.5, 0.6) is 0 Å². The van der Waals surface area contributed by atoms with Crippen LogP contribution in [0, 0.1) is 0 Å². The molecule has 0 radical (unpaired) electrons. The van der Waals surface area contributed by atoms with E-state index < -0.39 is 0 Å². The number of hydrogen-bond donors (Lipinski definition) is 1. The van der Waals surface area contributed by atoms with Crippen molar-refractivity contribution in [1.29, 1.82) is 0 Å². The number of thiocarbonyl (C=S) groups is 1. The maximum Gasteiger partial charge on any atom is 0.138 e. The van der Waals surface area contributed by atoms with E-state index in [2.05, 4.69) is 27.3 Å². The Hall–Kier alpha value is -1.62. The normalized spacial score (nSPS) is 10.6. The number of aromatic nitrogens is 2. The molecule has 0 aliphatic carbocycles. The molecule has 0 saturated carbocycles. The van der Waals surface area contributed by atoms with Gasteiger partial charge in [-0.25, -0.2) is 4.98 Å². The minimum absolute atomic E-state index is 0.557. The van der Waals surface area contributed by atoms with Gasteiger partial charge in [-0.1, -0.05) is 18.3 Å². The van der Waals surface area contributed by atoms with Crippen molar-refractivity contribution in [2.45, 2.75) is 13.3 Å². The summed E-state index contributed by atoms with van der Waals surface area (Å²) in [4.78, 5) is 7.08. The third kappa shape index (κ3) is 2.55. The van der Waals surface area contributed by atoms with Crippen LogP contribution in [0.4, 0.5) is 5.82 Å². The van der Waals surface area contributed by atoms with Crippen molar-refractivity contribution in [1.82, 2.24) is 9.38 Å². The number of fused-ring (bicyclic) bond motifs is 1. The van der Waals surface area contributed by atoms with Crippen molar-refractivity contribution >= 4 is 28.7 Å². The summed E-state index contributed by atoms with van der Waals surface area (Å²) in [6.07, 6.45) is 4.50. The van der Waals surface area contributed by atoms with E-state index in [9.17, 15) is 0 Å². The smallest absolute Gasteiger partial charge is 0.138 e. The summed E-state index contributed by atoms with van der Waals surface area (Å²) in [5, 5.41) is 0. The summed E-state index contributed by atoms with van der Waals surface area (Å²) < 4.78 is 2.07. The number of nitrogens with two attached hydrogens (primary N) is 1. The van der Waals surface area contributed by atoms with Gasteiger partial charge in [-0.3, -0.25) is 4.40 Å². The van der Waals surface area contributed by atoms with Gasteiger partial charge in [0.2, 0.25) is 0 Å². The fraction of sp³-hybridized carbons (Fsp3) is 0.333. The van der Waals surface area contributed by atoms with Crippen LogP contribution in [0.2, 0.25) is 0 Å². The Morgan fingerprint density at radius 1 is 1.53 bits per heavy atom. The molecule has 4 nitrogen and oxygen atoms in total. The van der Waals surface area contributed by atoms with E-state index in [-0.39, 0.29) is 0 Å². The van der Waals surface area contributed by atoms with Gasteiger partial charge in [-0.15, -0.1) is 0 Å². The molecule has 2 heterocycles. The number of nitrogens with zero attached hydrogens (tertiary/aromatic N) is 3. The average Bonchev–Trinajstić information content (AvgIpc) is 2.78. The minimum Gasteiger partial charge on any atom is -0.393 e. The number of rotatable bonds is 5. The highest BCUT2D eigenvalue weighted by Crippen LogP contribution is 2.16. The molecule has 0 spiro atoms. The maximum atomic E-state index is 5.55. The molecule has 2 rings (SSSR count). The van der Waals surface area contributed by atoms with Crippen LogP contribution in [0.3, 0.4) is 0 Å². The van der Waals surface area contributed by atoms with Gasteiger partial charge < -0.3 is 10.6 Å². The molecular weight excluding hydrogens is 232 g/mol. The molecule has 0 unspecified atom stereocenters. The zero-order valence-electron chi connectivity index (χ0n) is 9.84. The maximum absolute atomic E-state index is 5.55. The van der Waals surface area contributed by atoms with Crippen molar-refractivity contribution < 1.29 is 0 Å². The number of pyridine rings is 1. The van der Waals surface area contributed by atoms with E-state index in [1.54, 1.807) is 6.20 Å². The molecule has 0 saturated heterocycles. The highest BCUT2D eigenvalue weighted by Gasteiger charge is 2.08. The second kappa shape index (κ2) is 5.14. The lowest BCUT2D eigenvalue weighted by molar-refractivity contribution is 0.811. The quantitative estimate of drug-likeness (QED) is 0.820. The lowest BCUT2D eigenvalue weighted by atomic mass is 10.3. The molecule has 17 heavy (non-hydrogen) atoms. The van der Waals surface area contributed by atoms with Gasteiger partial charge in [-0.05, 0) is 19.1 Å². The summed E-state index contributed by atoms with van der Waals surface area (Å²) in [7, 11) is 0. The molecule has 0 aliphatic heterocycles. The molecule has 90 valence electrons. The van der Waals surface area contributed by atoms with Crippen molar-refractivity contribution in [2.75, 3.05) is 18.0 Å². The van der Waals surface area contributed by atoms with E-state index in [1.165, 1.54) is 0 Å². The molecule has 0 atom stereocenters. The minimum atomic E-state index is 0.557. The largest absolute Gasteiger partial charge is 0.393 e. The van der Waals surface area contributed by atoms with Crippen LogP contribution < -0.4 is 10.6 Å². The van der Waals surface area contributed by atoms with E-state index >= 15 is 0 Å². The molecule has 5 heteroatoms. The molecular formula is C12H16N4S. The Morgan fingerprint density at radius 3 is 3.06 bits per heavy atom. The van der Waals surface area contributed by atoms with E-state index in [4.69, 9.17) is 18.0 Å². The highest BCUT2D eigenvalue weighted by molar-refractivity contribution is 7.80. The fourth-order valence-electron chi connectivity index (χ4n) is 1.87. The molecule has 0 bridgehead atoms. The Kier molecular flexibility index (Phi) is 3.58. The Bertz CT molecular complexity index is 520. The average molecular weight is 248 g/mol. The van der Waals surface area contributed by atoms with Crippen LogP contribution in [-0.4, -0.2) is 27.5 Å². The van der Waals surface area contributed by atoms with Gasteiger partial charge in [0, 0.05) is 31.9 Å². The molecule has 0 amide bonds. The van der Waals surface area contributed by atoms with Crippen LogP contribution >= 0.6 is 12.2 Å². The monoisotopic (exact) mass is 248 g/mol. The lowest BCUT2D eigenvalue weighted by Crippen LogP contribution is -2.28. The second-order valence-electron chi connectivity index (χ2n) is 3.84. The van der Waals surface area contributed by atoms with Crippen LogP contribution in [0.25, 0.3) is 5.65 Å². The summed E-state index contributed by atoms with van der Waals surface area (Å²) >= 11 is 4.92. The summed E-state index contributed by atoms with van der Waals surface area (Å²) in [5.41, 5.74) is 6.51. The zero-order valence-corrected chi connectivity index (χ0v) is 10.7. The molecule has 0 fully saturated rings. The SMILES string of the molecule is CCN(CCC(N)=S)c1cccc2nccn12. The number of anilines is 1. The molecule has 2 N–H and O–H groups in total. The standard InChI is InChI=1S/C12H16N4S/c1-2-15(8-6-10(13)17)12-5-3-4-11-14-7-9-16(11)12/h3-5,7,9H,2,6,8H2,1H3,(H2,13,17). The third-order valence-corrected chi connectivity index (χ3v) is 2.94. The van der Waals surface area contributed by atoms with Gasteiger partial charge in [0.1, 0.15) is 11.5 Å². The molecule has 2 aromatic rings. The first kappa shape index (κ1) is 11.9. The Labute approximate surface area is 106 Å². The van der Waals surface area contributed by atoms with Gasteiger partial charge >= 0.3 is 0 Å². The topological polar surface area (TPSA) is 46.6 Å². The van der Waals surface area contributed by atoms with Crippen molar-refractivity contribution in [2.24, 2.45) is 5.73 Å². The van der Waals surface area contributed by atoms with Crippen molar-refractivity contribution in [3.05, 3.63) is 30.6 Å². The van der Waals surface area contributed by atoms with Crippen molar-refractivity contribution in [3.63, 3.8) is 0 Å². The second-order valence-corrected chi connectivity index (χ2v) is 4.36. The van der Waals surface area contributed by atoms with Gasteiger partial charge in [-0.2, -0.15) is 0 Å². The zero-order chi connectivity index (χ0) is 12.3. The van der Waals surface area contributed by atoms with E-state index in [1.807, 2.05) is 18.3 Å². The van der Waals surface area contributed by atoms with Gasteiger partial charge in [0.15, 0.2) is 0 Å². The summed E-state index contributed by atoms with van der Waals surface area (Å²) in [5.74, 6) is 1.12. The predicted octanol–water partition coefficient (Wildman–Crippen LogP) is 1.84. The first-order valence-corrected chi connectivity index (χ1v) is 6.08. The fourth-order valence-corrected chi connectivity index (χ4v) is 1.96. The van der Waals surface area contributed by atoms with Crippen molar-refractivity contribution in [3.8, 4) is 0 Å².